The van der Waals surface area contributed by atoms with Gasteiger partial charge in [0.1, 0.15) is 0 Å². The van der Waals surface area contributed by atoms with Gasteiger partial charge in [-0.05, 0) is 12.0 Å². The molecule has 3 heteroatoms. The first-order valence-corrected chi connectivity index (χ1v) is 5.28. The summed E-state index contributed by atoms with van der Waals surface area (Å²) in [6.07, 6.45) is 4.32. The summed E-state index contributed by atoms with van der Waals surface area (Å²) in [6.45, 7) is 0. The molecule has 0 amide bonds. The fraction of sp³-hybridized carbons (Fsp3) is 0.200. The lowest BCUT2D eigenvalue weighted by Crippen LogP contribution is -1.90. The van der Waals surface area contributed by atoms with E-state index in [-0.39, 0.29) is 5.75 Å². The van der Waals surface area contributed by atoms with Crippen LogP contribution in [-0.2, 0) is 17.5 Å². The maximum atomic E-state index is 10.2. The molecule has 1 unspecified atom stereocenters. The second-order valence-electron chi connectivity index (χ2n) is 2.63. The van der Waals surface area contributed by atoms with Crippen LogP contribution in [0.3, 0.4) is 0 Å². The van der Waals surface area contributed by atoms with Crippen LogP contribution in [0, 0.1) is 0 Å². The van der Waals surface area contributed by atoms with E-state index in [1.165, 1.54) is 5.56 Å². The third-order valence-electron chi connectivity index (χ3n) is 1.60. The Morgan fingerprint density at radius 3 is 2.54 bits per heavy atom. The fourth-order valence-electron chi connectivity index (χ4n) is 0.980. The first kappa shape index (κ1) is 10.2. The average molecular weight is 195 g/mol. The molecule has 0 aliphatic rings. The predicted molar refractivity (Wildman–Crippen MR) is 53.1 cm³/mol. The van der Waals surface area contributed by atoms with Crippen molar-refractivity contribution in [2.75, 3.05) is 5.75 Å². The first-order valence-electron chi connectivity index (χ1n) is 4.04. The molecule has 0 bridgehead atoms. The van der Waals surface area contributed by atoms with Gasteiger partial charge in [-0.1, -0.05) is 53.6 Å². The first-order chi connectivity index (χ1) is 6.29. The van der Waals surface area contributed by atoms with Crippen LogP contribution >= 0.6 is 0 Å². The van der Waals surface area contributed by atoms with Crippen LogP contribution in [0.15, 0.2) is 42.5 Å². The van der Waals surface area contributed by atoms with Gasteiger partial charge < -0.3 is 4.55 Å². The van der Waals surface area contributed by atoms with Gasteiger partial charge in [0, 0.05) is 5.75 Å². The van der Waals surface area contributed by atoms with Crippen molar-refractivity contribution in [3.05, 3.63) is 48.0 Å². The molecule has 13 heavy (non-hydrogen) atoms. The van der Waals surface area contributed by atoms with E-state index in [0.29, 0.717) is 0 Å². The SMILES string of the molecule is O=S([O-])C/C=C/Cc1ccccc1. The largest absolute Gasteiger partial charge is 0.772 e. The lowest BCUT2D eigenvalue weighted by Gasteiger charge is -1.98. The second kappa shape index (κ2) is 5.67. The van der Waals surface area contributed by atoms with Gasteiger partial charge in [-0.2, -0.15) is 0 Å². The van der Waals surface area contributed by atoms with Crippen molar-refractivity contribution in [3.8, 4) is 0 Å². The molecule has 1 atom stereocenters. The molecule has 1 rings (SSSR count). The maximum Gasteiger partial charge on any atom is 0.0282 e. The van der Waals surface area contributed by atoms with Crippen LogP contribution in [0.2, 0.25) is 0 Å². The molecule has 1 aromatic carbocycles. The van der Waals surface area contributed by atoms with Crippen molar-refractivity contribution in [1.29, 1.82) is 0 Å². The number of rotatable bonds is 4. The van der Waals surface area contributed by atoms with E-state index in [1.807, 2.05) is 36.4 Å². The molecule has 0 spiro atoms. The minimum atomic E-state index is -1.96. The highest BCUT2D eigenvalue weighted by Crippen LogP contribution is 1.99. The lowest BCUT2D eigenvalue weighted by molar-refractivity contribution is 0.540. The standard InChI is InChI=1S/C10H12O2S/c11-13(12)9-5-4-8-10-6-2-1-3-7-10/h1-7H,8-9H2,(H,11,12)/p-1/b5-4+. The normalized spacial score (nSPS) is 13.3. The number of allylic oxidation sites excluding steroid dienone is 1. The minimum Gasteiger partial charge on any atom is -0.772 e. The van der Waals surface area contributed by atoms with E-state index >= 15 is 0 Å². The Bertz CT molecular complexity index is 293. The highest BCUT2D eigenvalue weighted by Gasteiger charge is 1.85. The van der Waals surface area contributed by atoms with E-state index in [9.17, 15) is 8.76 Å². The van der Waals surface area contributed by atoms with Crippen molar-refractivity contribution in [3.63, 3.8) is 0 Å². The summed E-state index contributed by atoms with van der Waals surface area (Å²) in [7, 11) is 0. The zero-order valence-electron chi connectivity index (χ0n) is 7.18. The van der Waals surface area contributed by atoms with Gasteiger partial charge >= 0.3 is 0 Å². The van der Waals surface area contributed by atoms with Gasteiger partial charge in [0.15, 0.2) is 0 Å². The Labute approximate surface area is 80.6 Å². The van der Waals surface area contributed by atoms with Crippen LogP contribution in [0.1, 0.15) is 5.56 Å². The highest BCUT2D eigenvalue weighted by molar-refractivity contribution is 7.79. The Morgan fingerprint density at radius 1 is 1.23 bits per heavy atom. The van der Waals surface area contributed by atoms with Gasteiger partial charge in [0.25, 0.3) is 0 Å². The van der Waals surface area contributed by atoms with Crippen molar-refractivity contribution in [2.45, 2.75) is 6.42 Å². The van der Waals surface area contributed by atoms with Crippen LogP contribution in [0.5, 0.6) is 0 Å². The van der Waals surface area contributed by atoms with Gasteiger partial charge in [-0.25, -0.2) is 0 Å². The van der Waals surface area contributed by atoms with E-state index in [1.54, 1.807) is 6.08 Å². The Hall–Kier alpha value is -0.930. The van der Waals surface area contributed by atoms with Crippen LogP contribution in [0.4, 0.5) is 0 Å². The van der Waals surface area contributed by atoms with Crippen LogP contribution < -0.4 is 0 Å². The molecular formula is C10H11O2S-. The summed E-state index contributed by atoms with van der Waals surface area (Å²) in [4.78, 5) is 0. The molecule has 1 aromatic rings. The predicted octanol–water partition coefficient (Wildman–Crippen LogP) is 1.66. The van der Waals surface area contributed by atoms with E-state index in [0.717, 1.165) is 6.42 Å². The minimum absolute atomic E-state index is 0.104. The van der Waals surface area contributed by atoms with Crippen LogP contribution in [0.25, 0.3) is 0 Å². The maximum absolute atomic E-state index is 10.2. The zero-order chi connectivity index (χ0) is 9.52. The summed E-state index contributed by atoms with van der Waals surface area (Å²) in [5, 5.41) is 0. The third kappa shape index (κ3) is 4.60. The molecule has 0 aliphatic heterocycles. The van der Waals surface area contributed by atoms with Crippen molar-refractivity contribution < 1.29 is 8.76 Å². The average Bonchev–Trinajstić information content (AvgIpc) is 2.14. The van der Waals surface area contributed by atoms with E-state index < -0.39 is 11.1 Å². The van der Waals surface area contributed by atoms with Crippen molar-refractivity contribution in [1.82, 2.24) is 0 Å². The summed E-state index contributed by atoms with van der Waals surface area (Å²) < 4.78 is 20.3. The van der Waals surface area contributed by atoms with Gasteiger partial charge in [-0.3, -0.25) is 4.21 Å². The number of benzene rings is 1. The molecule has 0 aliphatic carbocycles. The zero-order valence-corrected chi connectivity index (χ0v) is 8.00. The molecule has 2 nitrogen and oxygen atoms in total. The van der Waals surface area contributed by atoms with Crippen molar-refractivity contribution >= 4 is 11.1 Å². The summed E-state index contributed by atoms with van der Waals surface area (Å²) >= 11 is -1.96. The molecule has 0 radical (unpaired) electrons. The summed E-state index contributed by atoms with van der Waals surface area (Å²) in [5.41, 5.74) is 1.19. The van der Waals surface area contributed by atoms with E-state index in [2.05, 4.69) is 0 Å². The Kier molecular flexibility index (Phi) is 4.43. The topological polar surface area (TPSA) is 40.1 Å². The van der Waals surface area contributed by atoms with Crippen LogP contribution in [-0.4, -0.2) is 14.5 Å². The molecular weight excluding hydrogens is 184 g/mol. The second-order valence-corrected chi connectivity index (χ2v) is 3.57. The molecule has 0 heterocycles. The highest BCUT2D eigenvalue weighted by atomic mass is 32.2. The molecule has 0 saturated carbocycles. The quantitative estimate of drug-likeness (QED) is 0.541. The molecule has 0 fully saturated rings. The van der Waals surface area contributed by atoms with Gasteiger partial charge in [0.2, 0.25) is 0 Å². The fourth-order valence-corrected chi connectivity index (χ4v) is 1.27. The smallest absolute Gasteiger partial charge is 0.0282 e. The molecule has 0 saturated heterocycles. The molecule has 0 aromatic heterocycles. The summed E-state index contributed by atoms with van der Waals surface area (Å²) in [5.74, 6) is 0.104. The Balaban J connectivity index is 2.35. The molecule has 70 valence electrons. The Morgan fingerprint density at radius 2 is 1.92 bits per heavy atom. The summed E-state index contributed by atoms with van der Waals surface area (Å²) in [6, 6.07) is 9.92. The lowest BCUT2D eigenvalue weighted by atomic mass is 10.1. The van der Waals surface area contributed by atoms with Gasteiger partial charge in [0.05, 0.1) is 0 Å². The molecule has 0 N–H and O–H groups in total. The third-order valence-corrected chi connectivity index (χ3v) is 2.06. The van der Waals surface area contributed by atoms with E-state index in [4.69, 9.17) is 0 Å². The monoisotopic (exact) mass is 195 g/mol. The number of hydrogen-bond acceptors (Lipinski definition) is 2. The van der Waals surface area contributed by atoms with Gasteiger partial charge in [-0.15, -0.1) is 0 Å². The number of hydrogen-bond donors (Lipinski definition) is 0. The van der Waals surface area contributed by atoms with Crippen molar-refractivity contribution in [2.24, 2.45) is 0 Å².